The van der Waals surface area contributed by atoms with E-state index in [1.165, 1.54) is 14.2 Å². The largest absolute Gasteiger partial charge is 0.494 e. The molecule has 2 rings (SSSR count). The van der Waals surface area contributed by atoms with Crippen LogP contribution < -0.4 is 4.74 Å². The monoisotopic (exact) mass is 330 g/mol. The van der Waals surface area contributed by atoms with Gasteiger partial charge < -0.3 is 9.47 Å². The molecule has 1 aliphatic heterocycles. The van der Waals surface area contributed by atoms with E-state index in [0.29, 0.717) is 28.8 Å². The first kappa shape index (κ1) is 16.0. The molecule has 1 aliphatic rings. The molecule has 114 valence electrons. The second-order valence-corrected chi connectivity index (χ2v) is 5.58. The van der Waals surface area contributed by atoms with Gasteiger partial charge in [-0.1, -0.05) is 30.1 Å². The molecule has 2 unspecified atom stereocenters. The van der Waals surface area contributed by atoms with Crippen LogP contribution in [0, 0.1) is 0 Å². The molecule has 1 heterocycles. The zero-order chi connectivity index (χ0) is 15.6. The number of carbonyl (C=O) groups excluding carboxylic acids is 1. The molecule has 0 spiro atoms. The van der Waals surface area contributed by atoms with Crippen molar-refractivity contribution in [3.05, 3.63) is 27.7 Å². The maximum absolute atomic E-state index is 12.2. The Hall–Kier alpha value is -1.33. The minimum absolute atomic E-state index is 0.254. The molecule has 0 radical (unpaired) electrons. The Labute approximate surface area is 133 Å². The van der Waals surface area contributed by atoms with Crippen LogP contribution in [0.2, 0.25) is 10.0 Å². The Morgan fingerprint density at radius 1 is 1.38 bits per heavy atom. The predicted molar refractivity (Wildman–Crippen MR) is 80.5 cm³/mol. The number of benzene rings is 1. The van der Waals surface area contributed by atoms with Crippen molar-refractivity contribution in [1.82, 2.24) is 0 Å². The van der Waals surface area contributed by atoms with E-state index < -0.39 is 11.5 Å². The molecule has 0 saturated heterocycles. The van der Waals surface area contributed by atoms with E-state index >= 15 is 0 Å². The molecule has 1 aromatic rings. The minimum Gasteiger partial charge on any atom is -0.494 e. The van der Waals surface area contributed by atoms with Crippen LogP contribution in [-0.4, -0.2) is 32.3 Å². The molecular formula is C14H16Cl2N2O3. The Balaban J connectivity index is 2.49. The van der Waals surface area contributed by atoms with E-state index in [9.17, 15) is 4.79 Å². The Morgan fingerprint density at radius 3 is 2.48 bits per heavy atom. The molecule has 0 N–H and O–H groups in total. The summed E-state index contributed by atoms with van der Waals surface area (Å²) in [5, 5.41) is 8.97. The normalized spacial score (nSPS) is 24.1. The summed E-state index contributed by atoms with van der Waals surface area (Å²) in [4.78, 5) is 12.2. The molecule has 21 heavy (non-hydrogen) atoms. The van der Waals surface area contributed by atoms with Gasteiger partial charge in [0.05, 0.1) is 30.8 Å². The first-order chi connectivity index (χ1) is 10.00. The lowest BCUT2D eigenvalue weighted by Crippen LogP contribution is -2.41. The number of ether oxygens (including phenoxy) is 2. The van der Waals surface area contributed by atoms with Crippen LogP contribution >= 0.6 is 23.2 Å². The number of hydrogen-bond acceptors (Lipinski definition) is 5. The average Bonchev–Trinajstić information content (AvgIpc) is 2.91. The summed E-state index contributed by atoms with van der Waals surface area (Å²) in [5.41, 5.74) is -0.223. The van der Waals surface area contributed by atoms with Crippen LogP contribution in [0.3, 0.4) is 0 Å². The highest BCUT2D eigenvalue weighted by Crippen LogP contribution is 2.44. The quantitative estimate of drug-likeness (QED) is 0.787. The molecule has 0 aliphatic carbocycles. The van der Waals surface area contributed by atoms with Crippen LogP contribution in [-0.2, 0) is 9.53 Å². The van der Waals surface area contributed by atoms with Crippen LogP contribution in [0.4, 0.5) is 0 Å². The van der Waals surface area contributed by atoms with E-state index in [4.69, 9.17) is 32.7 Å². The van der Waals surface area contributed by atoms with Crippen molar-refractivity contribution in [3.8, 4) is 5.75 Å². The molecule has 0 bridgehead atoms. The van der Waals surface area contributed by atoms with Crippen molar-refractivity contribution < 1.29 is 14.3 Å². The SMILES string of the molecule is CCC1(C(=O)OC)N=NCC1c1cc(Cl)c(OC)c(Cl)c1. The molecule has 0 fully saturated rings. The summed E-state index contributed by atoms with van der Waals surface area (Å²) in [6.07, 6.45) is 0.481. The fourth-order valence-electron chi connectivity index (χ4n) is 2.65. The molecule has 2 atom stereocenters. The van der Waals surface area contributed by atoms with E-state index in [1.54, 1.807) is 12.1 Å². The van der Waals surface area contributed by atoms with E-state index in [2.05, 4.69) is 10.2 Å². The smallest absolute Gasteiger partial charge is 0.336 e. The lowest BCUT2D eigenvalue weighted by Gasteiger charge is -2.28. The van der Waals surface area contributed by atoms with Gasteiger partial charge in [0.25, 0.3) is 0 Å². The lowest BCUT2D eigenvalue weighted by atomic mass is 9.78. The Bertz CT molecular complexity index is 569. The van der Waals surface area contributed by atoms with Crippen LogP contribution in [0.5, 0.6) is 5.75 Å². The number of hydrogen-bond donors (Lipinski definition) is 0. The minimum atomic E-state index is -1.02. The zero-order valence-corrected chi connectivity index (χ0v) is 13.5. The summed E-state index contributed by atoms with van der Waals surface area (Å²) >= 11 is 12.4. The van der Waals surface area contributed by atoms with Gasteiger partial charge in [0, 0.05) is 5.92 Å². The Kier molecular flexibility index (Phi) is 4.74. The third-order valence-corrected chi connectivity index (χ3v) is 4.36. The molecule has 0 saturated carbocycles. The summed E-state index contributed by atoms with van der Waals surface area (Å²) in [5.74, 6) is -0.246. The summed E-state index contributed by atoms with van der Waals surface area (Å²) in [7, 11) is 2.84. The number of halogens is 2. The fourth-order valence-corrected chi connectivity index (χ4v) is 3.31. The van der Waals surface area contributed by atoms with Crippen LogP contribution in [0.25, 0.3) is 0 Å². The highest BCUT2D eigenvalue weighted by Gasteiger charge is 2.50. The molecule has 7 heteroatoms. The number of carbonyl (C=O) groups is 1. The zero-order valence-electron chi connectivity index (χ0n) is 12.0. The van der Waals surface area contributed by atoms with Crippen LogP contribution in [0.15, 0.2) is 22.4 Å². The summed E-state index contributed by atoms with van der Waals surface area (Å²) in [6.45, 7) is 2.27. The maximum Gasteiger partial charge on any atom is 0.336 e. The van der Waals surface area contributed by atoms with E-state index in [1.807, 2.05) is 6.92 Å². The first-order valence-corrected chi connectivity index (χ1v) is 7.25. The van der Waals surface area contributed by atoms with Gasteiger partial charge in [-0.3, -0.25) is 0 Å². The van der Waals surface area contributed by atoms with Gasteiger partial charge in [-0.15, -0.1) is 0 Å². The second kappa shape index (κ2) is 6.20. The van der Waals surface area contributed by atoms with Gasteiger partial charge in [-0.2, -0.15) is 10.2 Å². The number of esters is 1. The molecule has 5 nitrogen and oxygen atoms in total. The molecule has 0 amide bonds. The van der Waals surface area contributed by atoms with Gasteiger partial charge in [-0.25, -0.2) is 4.79 Å². The lowest BCUT2D eigenvalue weighted by molar-refractivity contribution is -0.147. The molecule has 1 aromatic carbocycles. The van der Waals surface area contributed by atoms with Gasteiger partial charge in [0.15, 0.2) is 11.3 Å². The van der Waals surface area contributed by atoms with Gasteiger partial charge >= 0.3 is 5.97 Å². The van der Waals surface area contributed by atoms with E-state index in [-0.39, 0.29) is 5.92 Å². The molecule has 0 aromatic heterocycles. The third-order valence-electron chi connectivity index (χ3n) is 3.79. The van der Waals surface area contributed by atoms with E-state index in [0.717, 1.165) is 5.56 Å². The highest BCUT2D eigenvalue weighted by atomic mass is 35.5. The summed E-state index contributed by atoms with van der Waals surface area (Å²) in [6, 6.07) is 3.47. The van der Waals surface area contributed by atoms with Gasteiger partial charge in [0.2, 0.25) is 0 Å². The predicted octanol–water partition coefficient (Wildman–Crippen LogP) is 3.87. The Morgan fingerprint density at radius 2 is 2.00 bits per heavy atom. The second-order valence-electron chi connectivity index (χ2n) is 4.76. The van der Waals surface area contributed by atoms with Crippen molar-refractivity contribution in [3.63, 3.8) is 0 Å². The number of methoxy groups -OCH3 is 2. The van der Waals surface area contributed by atoms with Crippen molar-refractivity contribution in [2.45, 2.75) is 24.8 Å². The highest BCUT2D eigenvalue weighted by molar-refractivity contribution is 6.37. The van der Waals surface area contributed by atoms with Crippen molar-refractivity contribution in [1.29, 1.82) is 0 Å². The first-order valence-electron chi connectivity index (χ1n) is 6.50. The maximum atomic E-state index is 12.2. The standard InChI is InChI=1S/C14H16Cl2N2O3/c1-4-14(13(19)21-3)9(7-17-18-14)8-5-10(15)12(20-2)11(16)6-8/h5-6,9H,4,7H2,1-3H3. The number of nitrogens with zero attached hydrogens (tertiary/aromatic N) is 2. The molecular weight excluding hydrogens is 315 g/mol. The van der Waals surface area contributed by atoms with Gasteiger partial charge in [-0.05, 0) is 24.1 Å². The third kappa shape index (κ3) is 2.60. The van der Waals surface area contributed by atoms with Crippen molar-refractivity contribution >= 4 is 29.2 Å². The topological polar surface area (TPSA) is 60.2 Å². The average molecular weight is 331 g/mol. The number of rotatable bonds is 4. The van der Waals surface area contributed by atoms with Crippen molar-refractivity contribution in [2.24, 2.45) is 10.2 Å². The fraction of sp³-hybridized carbons (Fsp3) is 0.500. The van der Waals surface area contributed by atoms with Crippen molar-refractivity contribution in [2.75, 3.05) is 20.8 Å². The summed E-state index contributed by atoms with van der Waals surface area (Å²) < 4.78 is 10.0. The van der Waals surface area contributed by atoms with Crippen LogP contribution in [0.1, 0.15) is 24.8 Å². The van der Waals surface area contributed by atoms with Gasteiger partial charge in [0.1, 0.15) is 0 Å². The number of azo groups is 1.